The number of non-ortho nitro benzene ring substituents is 1. The predicted molar refractivity (Wildman–Crippen MR) is 189 cm³/mol. The second-order valence-electron chi connectivity index (χ2n) is 11.4. The first-order valence-corrected chi connectivity index (χ1v) is 17.0. The third-order valence-electron chi connectivity index (χ3n) is 8.14. The lowest BCUT2D eigenvalue weighted by Gasteiger charge is -2.25. The number of nitro benzene ring substituents is 1. The lowest BCUT2D eigenvalue weighted by atomic mass is 9.82. The summed E-state index contributed by atoms with van der Waals surface area (Å²) in [5.41, 5.74) is 3.13. The molecule has 5 aromatic carbocycles. The van der Waals surface area contributed by atoms with E-state index in [0.717, 1.165) is 12.1 Å². The molecule has 1 aliphatic heterocycles. The molecular formula is C37H27N5O9S. The molecule has 6 rings (SSSR count). The van der Waals surface area contributed by atoms with Crippen LogP contribution in [0.3, 0.4) is 0 Å². The van der Waals surface area contributed by atoms with Crippen LogP contribution in [0.15, 0.2) is 137 Å². The van der Waals surface area contributed by atoms with Gasteiger partial charge in [-0.1, -0.05) is 91.0 Å². The Balaban J connectivity index is 1.54. The van der Waals surface area contributed by atoms with Crippen molar-refractivity contribution < 1.29 is 37.3 Å². The summed E-state index contributed by atoms with van der Waals surface area (Å²) in [7, 11) is -4.36. The number of sulfonamides is 1. The Kier molecular flexibility index (Phi) is 9.80. The van der Waals surface area contributed by atoms with Crippen LogP contribution in [0.25, 0.3) is 11.1 Å². The van der Waals surface area contributed by atoms with Crippen molar-refractivity contribution in [3.63, 3.8) is 0 Å². The number of esters is 1. The molecule has 4 N–H and O–H groups in total. The first kappa shape index (κ1) is 35.0. The zero-order valence-electron chi connectivity index (χ0n) is 26.8. The van der Waals surface area contributed by atoms with E-state index in [0.29, 0.717) is 11.1 Å². The first-order chi connectivity index (χ1) is 24.9. The van der Waals surface area contributed by atoms with Crippen molar-refractivity contribution in [2.24, 2.45) is 16.2 Å². The van der Waals surface area contributed by atoms with Gasteiger partial charge in [-0.25, -0.2) is 23.8 Å². The molecule has 0 aliphatic carbocycles. The summed E-state index contributed by atoms with van der Waals surface area (Å²) in [5, 5.41) is 23.5. The Labute approximate surface area is 296 Å². The third kappa shape index (κ3) is 7.21. The molecule has 0 aromatic heterocycles. The summed E-state index contributed by atoms with van der Waals surface area (Å²) in [4.78, 5) is 65.2. The number of anilines is 1. The normalized spacial score (nSPS) is 14.4. The molecule has 0 radical (unpaired) electrons. The average Bonchev–Trinajstić information content (AvgIpc) is 3.48. The maximum Gasteiger partial charge on any atom is 0.339 e. The first-order valence-electron chi connectivity index (χ1n) is 15.5. The van der Waals surface area contributed by atoms with Crippen LogP contribution in [0.5, 0.6) is 0 Å². The molecule has 0 unspecified atom stereocenters. The summed E-state index contributed by atoms with van der Waals surface area (Å²) < 4.78 is 30.4. The minimum atomic E-state index is -4.36. The van der Waals surface area contributed by atoms with Crippen molar-refractivity contribution in [2.75, 3.05) is 5.32 Å². The van der Waals surface area contributed by atoms with Crippen LogP contribution in [0, 0.1) is 16.0 Å². The molecular weight excluding hydrogens is 691 g/mol. The number of nitrogens with zero attached hydrogens (tertiary/aromatic N) is 2. The molecule has 260 valence electrons. The van der Waals surface area contributed by atoms with Gasteiger partial charge in [0.1, 0.15) is 12.0 Å². The van der Waals surface area contributed by atoms with Crippen LogP contribution in [0.1, 0.15) is 37.9 Å². The average molecular weight is 718 g/mol. The van der Waals surface area contributed by atoms with E-state index in [2.05, 4.69) is 15.8 Å². The second-order valence-corrected chi connectivity index (χ2v) is 12.9. The number of hydrogen-bond donors (Lipinski definition) is 3. The van der Waals surface area contributed by atoms with E-state index in [1.165, 1.54) is 42.5 Å². The Bertz CT molecular complexity index is 2400. The second kappa shape index (κ2) is 14.6. The number of amides is 2. The van der Waals surface area contributed by atoms with E-state index >= 15 is 0 Å². The minimum absolute atomic E-state index is 0.0637. The number of nitrogens with two attached hydrogens (primary N) is 1. The number of hydrogen-bond acceptors (Lipinski definition) is 10. The number of primary sulfonamides is 1. The maximum atomic E-state index is 14.5. The number of benzene rings is 5. The van der Waals surface area contributed by atoms with Gasteiger partial charge in [0.05, 0.1) is 26.7 Å². The van der Waals surface area contributed by atoms with Crippen molar-refractivity contribution in [1.82, 2.24) is 5.43 Å². The maximum absolute atomic E-state index is 14.5. The topological polar surface area (TPSA) is 217 Å². The lowest BCUT2D eigenvalue weighted by Crippen LogP contribution is -2.40. The highest BCUT2D eigenvalue weighted by atomic mass is 32.2. The largest absolute Gasteiger partial charge is 0.453 e. The summed E-state index contributed by atoms with van der Waals surface area (Å²) in [5.74, 6) is -5.94. The fraction of sp³-hybridized carbons (Fsp3) is 0.0541. The Morgan fingerprint density at radius 1 is 0.808 bits per heavy atom. The van der Waals surface area contributed by atoms with E-state index in [1.54, 1.807) is 72.8 Å². The number of nitro groups is 1. The fourth-order valence-corrected chi connectivity index (χ4v) is 6.54. The number of cyclic esters (lactones) is 1. The van der Waals surface area contributed by atoms with Crippen LogP contribution < -0.4 is 15.9 Å². The van der Waals surface area contributed by atoms with Crippen LogP contribution in [-0.4, -0.2) is 42.6 Å². The highest BCUT2D eigenvalue weighted by Gasteiger charge is 2.46. The number of ether oxygens (including phenoxy) is 1. The van der Waals surface area contributed by atoms with Crippen molar-refractivity contribution in [3.05, 3.63) is 160 Å². The van der Waals surface area contributed by atoms with Gasteiger partial charge < -0.3 is 10.1 Å². The SMILES string of the molecule is NS(=O)(=O)c1ccccc1C(=O)N/N=C(/c1ccccc1-c1ccccc1)[C@@H](C(=O)C(=O)Nc1cccc([N+](=O)[O-])c1)[C@H]1OC(=O)c2ccccc21. The van der Waals surface area contributed by atoms with Gasteiger partial charge in [-0.05, 0) is 35.4 Å². The molecule has 1 heterocycles. The van der Waals surface area contributed by atoms with Gasteiger partial charge >= 0.3 is 5.97 Å². The number of hydrazone groups is 1. The summed E-state index contributed by atoms with van der Waals surface area (Å²) in [6.07, 6.45) is -1.44. The van der Waals surface area contributed by atoms with E-state index in [1.807, 2.05) is 0 Å². The number of ketones is 1. The minimum Gasteiger partial charge on any atom is -0.453 e. The molecule has 0 fully saturated rings. The molecule has 52 heavy (non-hydrogen) atoms. The summed E-state index contributed by atoms with van der Waals surface area (Å²) in [6, 6.07) is 31.9. The molecule has 14 nitrogen and oxygen atoms in total. The third-order valence-corrected chi connectivity index (χ3v) is 9.11. The molecule has 5 aromatic rings. The molecule has 15 heteroatoms. The van der Waals surface area contributed by atoms with Gasteiger partial charge in [-0.2, -0.15) is 5.10 Å². The van der Waals surface area contributed by atoms with Crippen molar-refractivity contribution in [2.45, 2.75) is 11.0 Å². The standard InChI is InChI=1S/C37H27N5O9S/c38-52(49,50)30-20-9-8-19-29(30)35(44)41-40-32(26-16-5-4-15-25(26)22-11-2-1-3-12-22)31(34-27-17-6-7-18-28(27)37(46)51-34)33(43)36(45)39-23-13-10-14-24(21-23)42(47)48/h1-21,31,34H,(H,39,45)(H,41,44)(H2,38,49,50)/b40-32-/t31-,34-/m0/s1. The Morgan fingerprint density at radius 2 is 1.44 bits per heavy atom. The van der Waals surface area contributed by atoms with Crippen LogP contribution in [-0.2, 0) is 24.3 Å². The Morgan fingerprint density at radius 3 is 2.15 bits per heavy atom. The Hall–Kier alpha value is -6.84. The number of rotatable bonds is 11. The van der Waals surface area contributed by atoms with Crippen molar-refractivity contribution >= 4 is 50.7 Å². The molecule has 2 amide bonds. The quantitative estimate of drug-likeness (QED) is 0.0562. The molecule has 0 spiro atoms. The molecule has 0 bridgehead atoms. The monoisotopic (exact) mass is 717 g/mol. The summed E-state index contributed by atoms with van der Waals surface area (Å²) >= 11 is 0. The van der Waals surface area contributed by atoms with E-state index in [4.69, 9.17) is 9.88 Å². The zero-order valence-corrected chi connectivity index (χ0v) is 27.6. The number of carbonyl (C=O) groups excluding carboxylic acids is 4. The lowest BCUT2D eigenvalue weighted by molar-refractivity contribution is -0.384. The number of nitrogens with one attached hydrogen (secondary N) is 2. The van der Waals surface area contributed by atoms with Gasteiger partial charge in [0.25, 0.3) is 17.5 Å². The van der Waals surface area contributed by atoms with Crippen LogP contribution in [0.2, 0.25) is 0 Å². The van der Waals surface area contributed by atoms with E-state index < -0.39 is 55.4 Å². The van der Waals surface area contributed by atoms with Gasteiger partial charge in [-0.3, -0.25) is 24.5 Å². The van der Waals surface area contributed by atoms with Crippen molar-refractivity contribution in [1.29, 1.82) is 0 Å². The van der Waals surface area contributed by atoms with Gasteiger partial charge in [0.2, 0.25) is 15.8 Å². The molecule has 0 saturated carbocycles. The number of fused-ring (bicyclic) bond motifs is 1. The van der Waals surface area contributed by atoms with Crippen molar-refractivity contribution in [3.8, 4) is 11.1 Å². The molecule has 2 atom stereocenters. The fourth-order valence-electron chi connectivity index (χ4n) is 5.80. The molecule has 0 saturated heterocycles. The van der Waals surface area contributed by atoms with Gasteiger partial charge in [0.15, 0.2) is 0 Å². The van der Waals surface area contributed by atoms with E-state index in [-0.39, 0.29) is 39.3 Å². The highest BCUT2D eigenvalue weighted by Crippen LogP contribution is 2.40. The van der Waals surface area contributed by atoms with Gasteiger partial charge in [-0.15, -0.1) is 0 Å². The number of Topliss-reactive ketones (excluding diaryl/α,β-unsaturated/α-hetero) is 1. The van der Waals surface area contributed by atoms with Crippen LogP contribution >= 0.6 is 0 Å². The predicted octanol–water partition coefficient (Wildman–Crippen LogP) is 4.78. The van der Waals surface area contributed by atoms with Crippen LogP contribution in [0.4, 0.5) is 11.4 Å². The molecule has 1 aliphatic rings. The zero-order chi connectivity index (χ0) is 37.0. The smallest absolute Gasteiger partial charge is 0.339 e. The summed E-state index contributed by atoms with van der Waals surface area (Å²) in [6.45, 7) is 0. The van der Waals surface area contributed by atoms with E-state index in [9.17, 15) is 37.7 Å². The van der Waals surface area contributed by atoms with Gasteiger partial charge in [0, 0.05) is 28.9 Å². The highest BCUT2D eigenvalue weighted by molar-refractivity contribution is 7.89. The number of carbonyl (C=O) groups is 4.